The van der Waals surface area contributed by atoms with Crippen molar-refractivity contribution in [3.63, 3.8) is 0 Å². The number of rotatable bonds is 4. The highest BCUT2D eigenvalue weighted by atomic mass is 32.1. The van der Waals surface area contributed by atoms with Crippen molar-refractivity contribution in [2.75, 3.05) is 13.6 Å². The molecule has 0 saturated carbocycles. The number of aromatic nitrogens is 4. The van der Waals surface area contributed by atoms with Crippen LogP contribution in [0.1, 0.15) is 27.7 Å². The molecule has 0 N–H and O–H groups in total. The van der Waals surface area contributed by atoms with Gasteiger partial charge in [0, 0.05) is 30.8 Å². The normalized spacial score (nSPS) is 17.1. The SMILES string of the molecule is Cc1nc(C)c2c(n1)OC(CN(C)Cc1snnc1C)C2. The highest BCUT2D eigenvalue weighted by molar-refractivity contribution is 7.05. The Bertz CT molecular complexity index is 657. The average molecular weight is 305 g/mol. The Labute approximate surface area is 128 Å². The number of ether oxygens (including phenoxy) is 1. The maximum Gasteiger partial charge on any atom is 0.220 e. The Balaban J connectivity index is 1.63. The fourth-order valence-electron chi connectivity index (χ4n) is 2.62. The van der Waals surface area contributed by atoms with Crippen LogP contribution in [0.4, 0.5) is 0 Å². The molecule has 3 heterocycles. The number of fused-ring (bicyclic) bond motifs is 1. The van der Waals surface area contributed by atoms with Gasteiger partial charge in [-0.2, -0.15) is 4.98 Å². The van der Waals surface area contributed by atoms with E-state index in [1.54, 1.807) is 0 Å². The van der Waals surface area contributed by atoms with Crippen molar-refractivity contribution < 1.29 is 4.74 Å². The van der Waals surface area contributed by atoms with Crippen molar-refractivity contribution in [1.29, 1.82) is 0 Å². The van der Waals surface area contributed by atoms with E-state index in [-0.39, 0.29) is 6.10 Å². The molecule has 7 heteroatoms. The fraction of sp³-hybridized carbons (Fsp3) is 0.571. The molecular weight excluding hydrogens is 286 g/mol. The molecule has 0 radical (unpaired) electrons. The van der Waals surface area contributed by atoms with Crippen LogP contribution in [0.15, 0.2) is 0 Å². The molecule has 0 amide bonds. The maximum absolute atomic E-state index is 5.97. The second-order valence-corrected chi connectivity index (χ2v) is 6.40. The van der Waals surface area contributed by atoms with Crippen LogP contribution in [0.3, 0.4) is 0 Å². The number of aryl methyl sites for hydroxylation is 3. The van der Waals surface area contributed by atoms with Crippen LogP contribution in [0.2, 0.25) is 0 Å². The van der Waals surface area contributed by atoms with Crippen LogP contribution in [0, 0.1) is 20.8 Å². The molecule has 1 unspecified atom stereocenters. The van der Waals surface area contributed by atoms with Gasteiger partial charge in [0.25, 0.3) is 0 Å². The standard InChI is InChI=1S/C14H19N5OS/c1-8-12-5-11(20-14(12)16-10(3)15-8)6-19(4)7-13-9(2)17-18-21-13/h11H,5-7H2,1-4H3. The van der Waals surface area contributed by atoms with Crippen LogP contribution in [0.25, 0.3) is 0 Å². The molecule has 1 aliphatic heterocycles. The molecule has 112 valence electrons. The Morgan fingerprint density at radius 3 is 2.76 bits per heavy atom. The Morgan fingerprint density at radius 2 is 2.05 bits per heavy atom. The van der Waals surface area contributed by atoms with E-state index in [0.29, 0.717) is 0 Å². The molecule has 0 spiro atoms. The molecular formula is C14H19N5OS. The molecule has 0 saturated heterocycles. The van der Waals surface area contributed by atoms with Gasteiger partial charge in [-0.15, -0.1) is 5.10 Å². The van der Waals surface area contributed by atoms with E-state index in [9.17, 15) is 0 Å². The summed E-state index contributed by atoms with van der Waals surface area (Å²) in [5.41, 5.74) is 3.19. The first-order chi connectivity index (χ1) is 10.0. The van der Waals surface area contributed by atoms with E-state index in [1.165, 1.54) is 16.4 Å². The van der Waals surface area contributed by atoms with E-state index < -0.39 is 0 Å². The van der Waals surface area contributed by atoms with E-state index in [1.807, 2.05) is 20.8 Å². The van der Waals surface area contributed by atoms with Crippen molar-refractivity contribution in [3.8, 4) is 5.88 Å². The summed E-state index contributed by atoms with van der Waals surface area (Å²) in [6.07, 6.45) is 1.02. The van der Waals surface area contributed by atoms with E-state index >= 15 is 0 Å². The van der Waals surface area contributed by atoms with Crippen molar-refractivity contribution in [2.45, 2.75) is 39.8 Å². The van der Waals surface area contributed by atoms with Gasteiger partial charge in [0.1, 0.15) is 11.9 Å². The molecule has 1 aliphatic rings. The first-order valence-corrected chi connectivity index (χ1v) is 7.77. The minimum atomic E-state index is 0.140. The number of likely N-dealkylation sites (N-methyl/N-ethyl adjacent to an activating group) is 1. The first-order valence-electron chi connectivity index (χ1n) is 7.00. The molecule has 2 aromatic rings. The molecule has 6 nitrogen and oxygen atoms in total. The summed E-state index contributed by atoms with van der Waals surface area (Å²) in [6, 6.07) is 0. The Kier molecular flexibility index (Phi) is 3.86. The Morgan fingerprint density at radius 1 is 1.24 bits per heavy atom. The quantitative estimate of drug-likeness (QED) is 0.856. The minimum absolute atomic E-state index is 0.140. The second kappa shape index (κ2) is 5.65. The van der Waals surface area contributed by atoms with Crippen molar-refractivity contribution in [2.24, 2.45) is 0 Å². The van der Waals surface area contributed by atoms with Gasteiger partial charge in [0.2, 0.25) is 5.88 Å². The third-order valence-corrected chi connectivity index (χ3v) is 4.48. The second-order valence-electron chi connectivity index (χ2n) is 5.56. The highest BCUT2D eigenvalue weighted by Crippen LogP contribution is 2.29. The lowest BCUT2D eigenvalue weighted by Crippen LogP contribution is -2.31. The lowest BCUT2D eigenvalue weighted by atomic mass is 10.1. The molecule has 21 heavy (non-hydrogen) atoms. The number of hydrogen-bond acceptors (Lipinski definition) is 7. The lowest BCUT2D eigenvalue weighted by molar-refractivity contribution is 0.161. The highest BCUT2D eigenvalue weighted by Gasteiger charge is 2.27. The summed E-state index contributed by atoms with van der Waals surface area (Å²) in [4.78, 5) is 12.3. The van der Waals surface area contributed by atoms with Gasteiger partial charge in [0.05, 0.1) is 10.6 Å². The van der Waals surface area contributed by atoms with Gasteiger partial charge >= 0.3 is 0 Å². The summed E-state index contributed by atoms with van der Waals surface area (Å²) >= 11 is 1.46. The Hall–Kier alpha value is -1.60. The van der Waals surface area contributed by atoms with Gasteiger partial charge in [0.15, 0.2) is 0 Å². The van der Waals surface area contributed by atoms with E-state index in [2.05, 4.69) is 31.5 Å². The van der Waals surface area contributed by atoms with Crippen LogP contribution >= 0.6 is 11.5 Å². The predicted octanol–water partition coefficient (Wildman–Crippen LogP) is 1.69. The summed E-state index contributed by atoms with van der Waals surface area (Å²) in [6.45, 7) is 7.62. The molecule has 0 fully saturated rings. The maximum atomic E-state index is 5.97. The first kappa shape index (κ1) is 14.3. The molecule has 3 rings (SSSR count). The van der Waals surface area contributed by atoms with Gasteiger partial charge in [-0.25, -0.2) is 4.98 Å². The molecule has 1 atom stereocenters. The molecule has 0 aromatic carbocycles. The van der Waals surface area contributed by atoms with Crippen LogP contribution < -0.4 is 4.74 Å². The number of hydrogen-bond donors (Lipinski definition) is 0. The van der Waals surface area contributed by atoms with Gasteiger partial charge in [-0.3, -0.25) is 4.90 Å². The zero-order chi connectivity index (χ0) is 15.0. The lowest BCUT2D eigenvalue weighted by Gasteiger charge is -2.19. The third-order valence-electron chi connectivity index (χ3n) is 3.67. The van der Waals surface area contributed by atoms with Crippen molar-refractivity contribution >= 4 is 11.5 Å². The zero-order valence-corrected chi connectivity index (χ0v) is 13.6. The van der Waals surface area contributed by atoms with E-state index in [4.69, 9.17) is 4.74 Å². The van der Waals surface area contributed by atoms with Gasteiger partial charge in [-0.1, -0.05) is 4.49 Å². The topological polar surface area (TPSA) is 64.0 Å². The van der Waals surface area contributed by atoms with Crippen molar-refractivity contribution in [3.05, 3.63) is 27.7 Å². The third kappa shape index (κ3) is 3.03. The monoisotopic (exact) mass is 305 g/mol. The van der Waals surface area contributed by atoms with E-state index in [0.717, 1.165) is 48.2 Å². The summed E-state index contributed by atoms with van der Waals surface area (Å²) in [5.74, 6) is 1.53. The number of nitrogens with zero attached hydrogens (tertiary/aromatic N) is 5. The predicted molar refractivity (Wildman–Crippen MR) is 80.6 cm³/mol. The summed E-state index contributed by atoms with van der Waals surface area (Å²) in [7, 11) is 2.09. The van der Waals surface area contributed by atoms with Crippen LogP contribution in [-0.4, -0.2) is 44.2 Å². The molecule has 2 aromatic heterocycles. The van der Waals surface area contributed by atoms with Gasteiger partial charge < -0.3 is 4.74 Å². The summed E-state index contributed by atoms with van der Waals surface area (Å²) in [5, 5.41) is 4.05. The summed E-state index contributed by atoms with van der Waals surface area (Å²) < 4.78 is 9.94. The minimum Gasteiger partial charge on any atom is -0.472 e. The van der Waals surface area contributed by atoms with Crippen molar-refractivity contribution in [1.82, 2.24) is 24.5 Å². The van der Waals surface area contributed by atoms with Gasteiger partial charge in [-0.05, 0) is 39.4 Å². The molecule has 0 bridgehead atoms. The largest absolute Gasteiger partial charge is 0.472 e. The zero-order valence-electron chi connectivity index (χ0n) is 12.8. The smallest absolute Gasteiger partial charge is 0.220 e. The molecule has 0 aliphatic carbocycles. The van der Waals surface area contributed by atoms with Crippen LogP contribution in [0.5, 0.6) is 5.88 Å². The average Bonchev–Trinajstić information content (AvgIpc) is 2.96. The fourth-order valence-corrected chi connectivity index (χ4v) is 3.33. The van der Waals surface area contributed by atoms with Crippen LogP contribution in [-0.2, 0) is 13.0 Å².